The lowest BCUT2D eigenvalue weighted by Gasteiger charge is -2.28. The molecule has 1 N–H and O–H groups in total. The van der Waals surface area contributed by atoms with Crippen molar-refractivity contribution in [3.8, 4) is 5.75 Å². The van der Waals surface area contributed by atoms with Crippen molar-refractivity contribution in [2.24, 2.45) is 0 Å². The zero-order valence-electron chi connectivity index (χ0n) is 9.15. The van der Waals surface area contributed by atoms with Gasteiger partial charge in [0.25, 0.3) is 0 Å². The van der Waals surface area contributed by atoms with Crippen molar-refractivity contribution in [1.82, 2.24) is 0 Å². The van der Waals surface area contributed by atoms with Crippen LogP contribution in [0.2, 0.25) is 0 Å². The molecule has 1 saturated carbocycles. The van der Waals surface area contributed by atoms with Gasteiger partial charge in [0.2, 0.25) is 0 Å². The molecule has 0 saturated heterocycles. The SMILES string of the molecule is Cc1cccc(OC2CCCCC2O)c1. The van der Waals surface area contributed by atoms with E-state index in [4.69, 9.17) is 4.74 Å². The molecule has 2 rings (SSSR count). The van der Waals surface area contributed by atoms with Gasteiger partial charge in [0.1, 0.15) is 11.9 Å². The lowest BCUT2D eigenvalue weighted by molar-refractivity contribution is 0.00685. The highest BCUT2D eigenvalue weighted by molar-refractivity contribution is 5.27. The molecule has 0 spiro atoms. The maximum absolute atomic E-state index is 9.77. The van der Waals surface area contributed by atoms with Crippen molar-refractivity contribution in [1.29, 1.82) is 0 Å². The molecule has 0 radical (unpaired) electrons. The summed E-state index contributed by atoms with van der Waals surface area (Å²) in [5.41, 5.74) is 1.19. The topological polar surface area (TPSA) is 29.5 Å². The van der Waals surface area contributed by atoms with Gasteiger partial charge in [-0.25, -0.2) is 0 Å². The molecule has 1 aliphatic carbocycles. The average Bonchev–Trinajstić information content (AvgIpc) is 2.22. The van der Waals surface area contributed by atoms with Crippen LogP contribution in [0.25, 0.3) is 0 Å². The molecular weight excluding hydrogens is 188 g/mol. The Hall–Kier alpha value is -1.02. The second-order valence-electron chi connectivity index (χ2n) is 4.32. The number of aliphatic hydroxyl groups excluding tert-OH is 1. The first-order valence-corrected chi connectivity index (χ1v) is 5.67. The van der Waals surface area contributed by atoms with Crippen LogP contribution >= 0.6 is 0 Å². The van der Waals surface area contributed by atoms with Crippen LogP contribution in [0.5, 0.6) is 5.75 Å². The largest absolute Gasteiger partial charge is 0.488 e. The Kier molecular flexibility index (Phi) is 3.27. The molecule has 2 unspecified atom stereocenters. The van der Waals surface area contributed by atoms with Gasteiger partial charge < -0.3 is 9.84 Å². The van der Waals surface area contributed by atoms with E-state index in [-0.39, 0.29) is 12.2 Å². The lowest BCUT2D eigenvalue weighted by atomic mass is 9.95. The summed E-state index contributed by atoms with van der Waals surface area (Å²) in [5, 5.41) is 9.77. The number of ether oxygens (including phenoxy) is 1. The molecule has 1 fully saturated rings. The summed E-state index contributed by atoms with van der Waals surface area (Å²) >= 11 is 0. The van der Waals surface area contributed by atoms with Crippen LogP contribution in [0.4, 0.5) is 0 Å². The Balaban J connectivity index is 2.01. The van der Waals surface area contributed by atoms with E-state index in [2.05, 4.69) is 0 Å². The van der Waals surface area contributed by atoms with E-state index >= 15 is 0 Å². The van der Waals surface area contributed by atoms with Gasteiger partial charge in [-0.05, 0) is 43.9 Å². The molecule has 2 nitrogen and oxygen atoms in total. The average molecular weight is 206 g/mol. The first kappa shape index (κ1) is 10.5. The predicted octanol–water partition coefficient (Wildman–Crippen LogP) is 2.68. The molecule has 0 bridgehead atoms. The van der Waals surface area contributed by atoms with Crippen molar-refractivity contribution >= 4 is 0 Å². The zero-order valence-corrected chi connectivity index (χ0v) is 9.15. The van der Waals surface area contributed by atoms with Crippen LogP contribution in [-0.2, 0) is 0 Å². The first-order chi connectivity index (χ1) is 7.25. The quantitative estimate of drug-likeness (QED) is 0.806. The Bertz CT molecular complexity index is 322. The van der Waals surface area contributed by atoms with Crippen LogP contribution < -0.4 is 4.74 Å². The van der Waals surface area contributed by atoms with Crippen molar-refractivity contribution in [2.45, 2.75) is 44.8 Å². The lowest BCUT2D eigenvalue weighted by Crippen LogP contribution is -2.34. The highest BCUT2D eigenvalue weighted by Gasteiger charge is 2.24. The number of hydrogen-bond donors (Lipinski definition) is 1. The van der Waals surface area contributed by atoms with Gasteiger partial charge in [0, 0.05) is 0 Å². The summed E-state index contributed by atoms with van der Waals surface area (Å²) in [6, 6.07) is 8.00. The molecule has 0 amide bonds. The third-order valence-electron chi connectivity index (χ3n) is 2.94. The Morgan fingerprint density at radius 2 is 2.07 bits per heavy atom. The highest BCUT2D eigenvalue weighted by Crippen LogP contribution is 2.24. The minimum atomic E-state index is -0.292. The fourth-order valence-electron chi connectivity index (χ4n) is 2.08. The van der Waals surface area contributed by atoms with Crippen molar-refractivity contribution in [3.63, 3.8) is 0 Å². The fraction of sp³-hybridized carbons (Fsp3) is 0.538. The van der Waals surface area contributed by atoms with Gasteiger partial charge in [0.15, 0.2) is 0 Å². The molecule has 82 valence electrons. The Morgan fingerprint density at radius 1 is 1.27 bits per heavy atom. The number of benzene rings is 1. The van der Waals surface area contributed by atoms with Crippen molar-refractivity contribution in [2.75, 3.05) is 0 Å². The maximum Gasteiger partial charge on any atom is 0.124 e. The van der Waals surface area contributed by atoms with Gasteiger partial charge in [-0.1, -0.05) is 18.6 Å². The van der Waals surface area contributed by atoms with Gasteiger partial charge in [-0.15, -0.1) is 0 Å². The van der Waals surface area contributed by atoms with Crippen LogP contribution in [-0.4, -0.2) is 17.3 Å². The smallest absolute Gasteiger partial charge is 0.124 e. The number of rotatable bonds is 2. The second kappa shape index (κ2) is 4.67. The van der Waals surface area contributed by atoms with E-state index in [1.165, 1.54) is 5.56 Å². The van der Waals surface area contributed by atoms with Crippen LogP contribution in [0.15, 0.2) is 24.3 Å². The zero-order chi connectivity index (χ0) is 10.7. The molecule has 1 aromatic rings. The fourth-order valence-corrected chi connectivity index (χ4v) is 2.08. The monoisotopic (exact) mass is 206 g/mol. The van der Waals surface area contributed by atoms with Crippen molar-refractivity contribution < 1.29 is 9.84 Å². The molecule has 1 aliphatic rings. The van der Waals surface area contributed by atoms with E-state index < -0.39 is 0 Å². The molecule has 0 aliphatic heterocycles. The Labute approximate surface area is 90.9 Å². The van der Waals surface area contributed by atoms with Gasteiger partial charge in [0.05, 0.1) is 6.10 Å². The van der Waals surface area contributed by atoms with Crippen LogP contribution in [0, 0.1) is 6.92 Å². The van der Waals surface area contributed by atoms with E-state index in [1.54, 1.807) is 0 Å². The molecule has 2 heteroatoms. The summed E-state index contributed by atoms with van der Waals surface area (Å²) in [6.45, 7) is 2.05. The Morgan fingerprint density at radius 3 is 2.80 bits per heavy atom. The number of aryl methyl sites for hydroxylation is 1. The van der Waals surface area contributed by atoms with Gasteiger partial charge >= 0.3 is 0 Å². The summed E-state index contributed by atoms with van der Waals surface area (Å²) in [5.74, 6) is 0.876. The number of aliphatic hydroxyl groups is 1. The third kappa shape index (κ3) is 2.72. The second-order valence-corrected chi connectivity index (χ2v) is 4.32. The molecule has 1 aromatic carbocycles. The molecule has 0 heterocycles. The number of hydrogen-bond acceptors (Lipinski definition) is 2. The van der Waals surface area contributed by atoms with Crippen LogP contribution in [0.3, 0.4) is 0 Å². The van der Waals surface area contributed by atoms with E-state index in [0.29, 0.717) is 0 Å². The van der Waals surface area contributed by atoms with E-state index in [1.807, 2.05) is 31.2 Å². The van der Waals surface area contributed by atoms with Gasteiger partial charge in [-0.2, -0.15) is 0 Å². The van der Waals surface area contributed by atoms with E-state index in [0.717, 1.165) is 31.4 Å². The van der Waals surface area contributed by atoms with Crippen LogP contribution in [0.1, 0.15) is 31.2 Å². The minimum Gasteiger partial charge on any atom is -0.488 e. The molecule has 15 heavy (non-hydrogen) atoms. The maximum atomic E-state index is 9.77. The summed E-state index contributed by atoms with van der Waals surface area (Å²) < 4.78 is 5.80. The molecule has 2 atom stereocenters. The minimum absolute atomic E-state index is 0.0134. The summed E-state index contributed by atoms with van der Waals surface area (Å²) in [6.07, 6.45) is 3.81. The van der Waals surface area contributed by atoms with Crippen molar-refractivity contribution in [3.05, 3.63) is 29.8 Å². The summed E-state index contributed by atoms with van der Waals surface area (Å²) in [4.78, 5) is 0. The molecule has 0 aromatic heterocycles. The predicted molar refractivity (Wildman–Crippen MR) is 60.1 cm³/mol. The first-order valence-electron chi connectivity index (χ1n) is 5.67. The highest BCUT2D eigenvalue weighted by atomic mass is 16.5. The third-order valence-corrected chi connectivity index (χ3v) is 2.94. The van der Waals surface area contributed by atoms with E-state index in [9.17, 15) is 5.11 Å². The normalized spacial score (nSPS) is 26.3. The molecular formula is C13H18O2. The summed E-state index contributed by atoms with van der Waals surface area (Å²) in [7, 11) is 0. The standard InChI is InChI=1S/C13H18O2/c1-10-5-4-6-11(9-10)15-13-8-3-2-7-12(13)14/h4-6,9,12-14H,2-3,7-8H2,1H3. The van der Waals surface area contributed by atoms with Gasteiger partial charge in [-0.3, -0.25) is 0 Å².